The van der Waals surface area contributed by atoms with Crippen LogP contribution in [-0.2, 0) is 17.8 Å². The van der Waals surface area contributed by atoms with E-state index in [0.717, 1.165) is 31.9 Å². The lowest BCUT2D eigenvalue weighted by Crippen LogP contribution is -2.39. The standard InChI is InChI=1S/C14H29N5O/c1-12(2)19(13(3)4)7-9-20-8-6-18-11-14(10-15-5)16-17-18/h11-13,15H,6-10H2,1-5H3. The van der Waals surface area contributed by atoms with E-state index in [1.807, 2.05) is 17.9 Å². The molecule has 0 aromatic carbocycles. The second kappa shape index (κ2) is 9.05. The summed E-state index contributed by atoms with van der Waals surface area (Å²) in [7, 11) is 1.90. The second-order valence-electron chi connectivity index (χ2n) is 5.54. The number of rotatable bonds is 10. The van der Waals surface area contributed by atoms with E-state index in [2.05, 4.69) is 48.2 Å². The molecular weight excluding hydrogens is 254 g/mol. The fourth-order valence-corrected chi connectivity index (χ4v) is 2.25. The highest BCUT2D eigenvalue weighted by atomic mass is 16.5. The highest BCUT2D eigenvalue weighted by Crippen LogP contribution is 2.04. The summed E-state index contributed by atoms with van der Waals surface area (Å²) in [6.45, 7) is 12.8. The predicted octanol–water partition coefficient (Wildman–Crippen LogP) is 1.13. The van der Waals surface area contributed by atoms with Gasteiger partial charge in [0.25, 0.3) is 0 Å². The molecule has 116 valence electrons. The van der Waals surface area contributed by atoms with Crippen molar-refractivity contribution in [3.05, 3.63) is 11.9 Å². The average molecular weight is 283 g/mol. The van der Waals surface area contributed by atoms with Crippen molar-refractivity contribution in [1.82, 2.24) is 25.2 Å². The van der Waals surface area contributed by atoms with E-state index in [0.29, 0.717) is 18.7 Å². The van der Waals surface area contributed by atoms with Gasteiger partial charge in [0.2, 0.25) is 0 Å². The van der Waals surface area contributed by atoms with Crippen molar-refractivity contribution >= 4 is 0 Å². The van der Waals surface area contributed by atoms with Gasteiger partial charge in [-0.25, -0.2) is 4.68 Å². The van der Waals surface area contributed by atoms with Crippen LogP contribution in [-0.4, -0.2) is 58.8 Å². The average Bonchev–Trinajstić information content (AvgIpc) is 2.81. The molecule has 0 saturated carbocycles. The van der Waals surface area contributed by atoms with Crippen LogP contribution < -0.4 is 5.32 Å². The van der Waals surface area contributed by atoms with Crippen LogP contribution in [0.3, 0.4) is 0 Å². The van der Waals surface area contributed by atoms with E-state index < -0.39 is 0 Å². The number of hydrogen-bond donors (Lipinski definition) is 1. The third kappa shape index (κ3) is 5.98. The van der Waals surface area contributed by atoms with Gasteiger partial charge >= 0.3 is 0 Å². The number of hydrogen-bond acceptors (Lipinski definition) is 5. The molecule has 0 spiro atoms. The van der Waals surface area contributed by atoms with Gasteiger partial charge in [-0.2, -0.15) is 0 Å². The molecule has 6 heteroatoms. The van der Waals surface area contributed by atoms with Crippen LogP contribution in [0.5, 0.6) is 0 Å². The fraction of sp³-hybridized carbons (Fsp3) is 0.857. The Labute approximate surface area is 122 Å². The van der Waals surface area contributed by atoms with Gasteiger partial charge in [-0.05, 0) is 34.7 Å². The largest absolute Gasteiger partial charge is 0.378 e. The lowest BCUT2D eigenvalue weighted by atomic mass is 10.2. The zero-order valence-electron chi connectivity index (χ0n) is 13.5. The highest BCUT2D eigenvalue weighted by Gasteiger charge is 2.12. The van der Waals surface area contributed by atoms with E-state index in [9.17, 15) is 0 Å². The molecule has 0 aliphatic rings. The Bertz CT molecular complexity index is 356. The Balaban J connectivity index is 2.17. The first-order chi connectivity index (χ1) is 9.54. The maximum absolute atomic E-state index is 5.69. The molecule has 0 aliphatic carbocycles. The first-order valence-corrected chi connectivity index (χ1v) is 7.41. The molecule has 1 aromatic rings. The Morgan fingerprint density at radius 2 is 1.95 bits per heavy atom. The van der Waals surface area contributed by atoms with Crippen molar-refractivity contribution < 1.29 is 4.74 Å². The highest BCUT2D eigenvalue weighted by molar-refractivity contribution is 4.90. The molecule has 0 aliphatic heterocycles. The Morgan fingerprint density at radius 3 is 2.55 bits per heavy atom. The molecule has 0 atom stereocenters. The predicted molar refractivity (Wildman–Crippen MR) is 80.6 cm³/mol. The summed E-state index contributed by atoms with van der Waals surface area (Å²) in [5, 5.41) is 11.2. The van der Waals surface area contributed by atoms with Crippen molar-refractivity contribution in [2.24, 2.45) is 0 Å². The van der Waals surface area contributed by atoms with Gasteiger partial charge in [0.15, 0.2) is 0 Å². The summed E-state index contributed by atoms with van der Waals surface area (Å²) < 4.78 is 7.52. The van der Waals surface area contributed by atoms with Crippen LogP contribution in [0.1, 0.15) is 33.4 Å². The number of nitrogens with zero attached hydrogens (tertiary/aromatic N) is 4. The zero-order chi connectivity index (χ0) is 15.0. The molecule has 1 rings (SSSR count). The minimum absolute atomic E-state index is 0.554. The minimum atomic E-state index is 0.554. The monoisotopic (exact) mass is 283 g/mol. The molecule has 0 bridgehead atoms. The third-order valence-corrected chi connectivity index (χ3v) is 3.23. The van der Waals surface area contributed by atoms with E-state index >= 15 is 0 Å². The molecule has 0 radical (unpaired) electrons. The Morgan fingerprint density at radius 1 is 1.25 bits per heavy atom. The van der Waals surface area contributed by atoms with Gasteiger partial charge in [0.05, 0.1) is 25.5 Å². The van der Waals surface area contributed by atoms with Gasteiger partial charge in [0.1, 0.15) is 0 Å². The Hall–Kier alpha value is -0.980. The van der Waals surface area contributed by atoms with E-state index in [1.54, 1.807) is 0 Å². The summed E-state index contributed by atoms with van der Waals surface area (Å²) in [4.78, 5) is 2.43. The van der Waals surface area contributed by atoms with Gasteiger partial charge < -0.3 is 10.1 Å². The lowest BCUT2D eigenvalue weighted by Gasteiger charge is -2.30. The maximum Gasteiger partial charge on any atom is 0.0964 e. The van der Waals surface area contributed by atoms with Crippen molar-refractivity contribution in [1.29, 1.82) is 0 Å². The van der Waals surface area contributed by atoms with Crippen LogP contribution >= 0.6 is 0 Å². The van der Waals surface area contributed by atoms with E-state index in [4.69, 9.17) is 4.74 Å². The Kier molecular flexibility index (Phi) is 7.72. The molecule has 0 unspecified atom stereocenters. The summed E-state index contributed by atoms with van der Waals surface area (Å²) in [5.74, 6) is 0. The second-order valence-corrected chi connectivity index (χ2v) is 5.54. The molecule has 20 heavy (non-hydrogen) atoms. The summed E-state index contributed by atoms with van der Waals surface area (Å²) in [6, 6.07) is 1.11. The van der Waals surface area contributed by atoms with Crippen molar-refractivity contribution in [2.45, 2.75) is 52.9 Å². The molecular formula is C14H29N5O. The van der Waals surface area contributed by atoms with Gasteiger partial charge in [-0.3, -0.25) is 4.90 Å². The van der Waals surface area contributed by atoms with Gasteiger partial charge in [-0.15, -0.1) is 5.10 Å². The zero-order valence-corrected chi connectivity index (χ0v) is 13.5. The van der Waals surface area contributed by atoms with E-state index in [-0.39, 0.29) is 0 Å². The van der Waals surface area contributed by atoms with Crippen LogP contribution in [0.4, 0.5) is 0 Å². The van der Waals surface area contributed by atoms with Crippen LogP contribution in [0.25, 0.3) is 0 Å². The minimum Gasteiger partial charge on any atom is -0.378 e. The topological polar surface area (TPSA) is 55.2 Å². The molecule has 1 N–H and O–H groups in total. The van der Waals surface area contributed by atoms with E-state index in [1.165, 1.54) is 0 Å². The van der Waals surface area contributed by atoms with Crippen molar-refractivity contribution in [2.75, 3.05) is 26.8 Å². The fourth-order valence-electron chi connectivity index (χ4n) is 2.25. The molecule has 1 heterocycles. The van der Waals surface area contributed by atoms with Crippen LogP contribution in [0, 0.1) is 0 Å². The summed E-state index contributed by atoms with van der Waals surface area (Å²) >= 11 is 0. The van der Waals surface area contributed by atoms with Gasteiger partial charge in [-0.1, -0.05) is 5.21 Å². The first-order valence-electron chi connectivity index (χ1n) is 7.41. The van der Waals surface area contributed by atoms with Crippen LogP contribution in [0.15, 0.2) is 6.20 Å². The molecule has 6 nitrogen and oxygen atoms in total. The molecule has 1 aromatic heterocycles. The SMILES string of the molecule is CNCc1cn(CCOCCN(C(C)C)C(C)C)nn1. The molecule has 0 fully saturated rings. The first kappa shape index (κ1) is 17.1. The van der Waals surface area contributed by atoms with Crippen LogP contribution in [0.2, 0.25) is 0 Å². The normalized spacial score (nSPS) is 12.0. The number of ether oxygens (including phenoxy) is 1. The summed E-state index contributed by atoms with van der Waals surface area (Å²) in [5.41, 5.74) is 0.957. The van der Waals surface area contributed by atoms with Gasteiger partial charge in [0, 0.05) is 31.4 Å². The number of nitrogens with one attached hydrogen (secondary N) is 1. The summed E-state index contributed by atoms with van der Waals surface area (Å²) in [6.07, 6.45) is 1.95. The lowest BCUT2D eigenvalue weighted by molar-refractivity contribution is 0.0731. The van der Waals surface area contributed by atoms with Crippen molar-refractivity contribution in [3.63, 3.8) is 0 Å². The molecule has 0 amide bonds. The number of aromatic nitrogens is 3. The maximum atomic E-state index is 5.69. The van der Waals surface area contributed by atoms with Crippen molar-refractivity contribution in [3.8, 4) is 0 Å². The molecule has 0 saturated heterocycles. The third-order valence-electron chi connectivity index (χ3n) is 3.23. The smallest absolute Gasteiger partial charge is 0.0964 e. The quantitative estimate of drug-likeness (QED) is 0.653.